The third-order valence-electron chi connectivity index (χ3n) is 4.52. The molecular formula is C23H21N5O. The molecule has 144 valence electrons. The first-order chi connectivity index (χ1) is 14.2. The predicted molar refractivity (Wildman–Crippen MR) is 114 cm³/mol. The number of pyridine rings is 1. The minimum absolute atomic E-state index is 0.106. The van der Waals surface area contributed by atoms with Gasteiger partial charge in [0, 0.05) is 18.3 Å². The predicted octanol–water partition coefficient (Wildman–Crippen LogP) is 3.83. The highest BCUT2D eigenvalue weighted by Gasteiger charge is 2.15. The van der Waals surface area contributed by atoms with Gasteiger partial charge in [-0.1, -0.05) is 48.5 Å². The number of aromatic nitrogens is 3. The molecular weight excluding hydrogens is 362 g/mol. The van der Waals surface area contributed by atoms with Crippen LogP contribution >= 0.6 is 0 Å². The van der Waals surface area contributed by atoms with Gasteiger partial charge in [0.15, 0.2) is 5.82 Å². The van der Waals surface area contributed by atoms with Crippen molar-refractivity contribution in [3.8, 4) is 11.5 Å². The van der Waals surface area contributed by atoms with E-state index in [1.807, 2.05) is 84.3 Å². The van der Waals surface area contributed by atoms with E-state index >= 15 is 0 Å². The van der Waals surface area contributed by atoms with Gasteiger partial charge in [0.2, 0.25) is 0 Å². The lowest BCUT2D eigenvalue weighted by Crippen LogP contribution is -2.24. The summed E-state index contributed by atoms with van der Waals surface area (Å²) in [5, 5.41) is 4.25. The SMILES string of the molecule is C/C(Cc1ccccc1)=N/NC(=O)Cn1c(-c2ccccn2)nc2ccccc21. The molecule has 0 aliphatic carbocycles. The summed E-state index contributed by atoms with van der Waals surface area (Å²) in [7, 11) is 0. The van der Waals surface area contributed by atoms with E-state index in [0.717, 1.165) is 28.0 Å². The second kappa shape index (κ2) is 8.48. The van der Waals surface area contributed by atoms with Crippen molar-refractivity contribution in [3.05, 3.63) is 84.6 Å². The number of rotatable bonds is 6. The largest absolute Gasteiger partial charge is 0.313 e. The zero-order chi connectivity index (χ0) is 20.1. The Morgan fingerprint density at radius 1 is 1.00 bits per heavy atom. The van der Waals surface area contributed by atoms with Gasteiger partial charge in [0.05, 0.1) is 11.0 Å². The van der Waals surface area contributed by atoms with Crippen LogP contribution in [-0.4, -0.2) is 26.2 Å². The number of benzene rings is 2. The Morgan fingerprint density at radius 3 is 2.55 bits per heavy atom. The van der Waals surface area contributed by atoms with Crippen LogP contribution in [0.25, 0.3) is 22.6 Å². The molecule has 4 aromatic rings. The van der Waals surface area contributed by atoms with E-state index in [0.29, 0.717) is 12.2 Å². The maximum atomic E-state index is 12.6. The number of carbonyl (C=O) groups excluding carboxylic acids is 1. The first-order valence-corrected chi connectivity index (χ1v) is 9.43. The third-order valence-corrected chi connectivity index (χ3v) is 4.52. The van der Waals surface area contributed by atoms with Crippen LogP contribution in [0.2, 0.25) is 0 Å². The summed E-state index contributed by atoms with van der Waals surface area (Å²) in [6, 6.07) is 23.4. The highest BCUT2D eigenvalue weighted by Crippen LogP contribution is 2.23. The number of nitrogens with one attached hydrogen (secondary N) is 1. The first-order valence-electron chi connectivity index (χ1n) is 9.43. The summed E-state index contributed by atoms with van der Waals surface area (Å²) in [6.07, 6.45) is 2.41. The van der Waals surface area contributed by atoms with Crippen molar-refractivity contribution in [2.75, 3.05) is 0 Å². The molecule has 0 fully saturated rings. The Balaban J connectivity index is 1.54. The number of imidazole rings is 1. The molecule has 2 aromatic carbocycles. The maximum absolute atomic E-state index is 12.6. The molecule has 0 aliphatic rings. The number of fused-ring (bicyclic) bond motifs is 1. The fraction of sp³-hybridized carbons (Fsp3) is 0.130. The minimum Gasteiger partial charge on any atom is -0.313 e. The van der Waals surface area contributed by atoms with E-state index in [2.05, 4.69) is 20.5 Å². The van der Waals surface area contributed by atoms with Crippen molar-refractivity contribution in [1.29, 1.82) is 0 Å². The fourth-order valence-electron chi connectivity index (χ4n) is 3.19. The van der Waals surface area contributed by atoms with Gasteiger partial charge in [-0.05, 0) is 36.8 Å². The van der Waals surface area contributed by atoms with Crippen LogP contribution < -0.4 is 5.43 Å². The number of hydrogen-bond donors (Lipinski definition) is 1. The average Bonchev–Trinajstić information content (AvgIpc) is 3.12. The van der Waals surface area contributed by atoms with Gasteiger partial charge >= 0.3 is 0 Å². The fourth-order valence-corrected chi connectivity index (χ4v) is 3.19. The molecule has 0 radical (unpaired) electrons. The zero-order valence-corrected chi connectivity index (χ0v) is 16.1. The van der Waals surface area contributed by atoms with Gasteiger partial charge in [-0.3, -0.25) is 9.78 Å². The molecule has 0 atom stereocenters. The molecule has 0 unspecified atom stereocenters. The Labute approximate surface area is 168 Å². The summed E-state index contributed by atoms with van der Waals surface area (Å²) in [4.78, 5) is 21.7. The topological polar surface area (TPSA) is 72.2 Å². The smallest absolute Gasteiger partial charge is 0.260 e. The molecule has 1 N–H and O–H groups in total. The normalized spacial score (nSPS) is 11.6. The second-order valence-electron chi connectivity index (χ2n) is 6.77. The van der Waals surface area contributed by atoms with E-state index in [4.69, 9.17) is 0 Å². The summed E-state index contributed by atoms with van der Waals surface area (Å²) in [6.45, 7) is 2.01. The van der Waals surface area contributed by atoms with Crippen LogP contribution in [0.4, 0.5) is 0 Å². The molecule has 2 heterocycles. The summed E-state index contributed by atoms with van der Waals surface area (Å²) >= 11 is 0. The molecule has 0 bridgehead atoms. The van der Waals surface area contributed by atoms with Crippen LogP contribution in [0.3, 0.4) is 0 Å². The standard InChI is InChI=1S/C23H21N5O/c1-17(15-18-9-3-2-4-10-18)26-27-22(29)16-28-21-13-6-5-11-19(21)25-23(28)20-12-7-8-14-24-20/h2-14H,15-16H2,1H3,(H,27,29)/b26-17-. The highest BCUT2D eigenvalue weighted by atomic mass is 16.2. The number of para-hydroxylation sites is 2. The van der Waals surface area contributed by atoms with Gasteiger partial charge in [-0.15, -0.1) is 0 Å². The Kier molecular flexibility index (Phi) is 5.42. The molecule has 2 aromatic heterocycles. The van der Waals surface area contributed by atoms with Gasteiger partial charge < -0.3 is 4.57 Å². The third kappa shape index (κ3) is 4.38. The quantitative estimate of drug-likeness (QED) is 0.406. The maximum Gasteiger partial charge on any atom is 0.260 e. The molecule has 1 amide bonds. The number of hydrogen-bond acceptors (Lipinski definition) is 4. The van der Waals surface area contributed by atoms with Crippen molar-refractivity contribution in [1.82, 2.24) is 20.0 Å². The number of nitrogens with zero attached hydrogens (tertiary/aromatic N) is 4. The molecule has 6 heteroatoms. The molecule has 6 nitrogen and oxygen atoms in total. The lowest BCUT2D eigenvalue weighted by Gasteiger charge is -2.08. The molecule has 0 aliphatic heterocycles. The first kappa shape index (κ1) is 18.6. The summed E-state index contributed by atoms with van der Waals surface area (Å²) in [5.74, 6) is 0.449. The molecule has 4 rings (SSSR count). The van der Waals surface area contributed by atoms with Crippen LogP contribution in [0.5, 0.6) is 0 Å². The van der Waals surface area contributed by atoms with Crippen LogP contribution in [0, 0.1) is 0 Å². The Morgan fingerprint density at radius 2 is 1.76 bits per heavy atom. The van der Waals surface area contributed by atoms with E-state index in [-0.39, 0.29) is 12.5 Å². The number of carbonyl (C=O) groups is 1. The van der Waals surface area contributed by atoms with Crippen LogP contribution in [-0.2, 0) is 17.8 Å². The molecule has 0 spiro atoms. The van der Waals surface area contributed by atoms with Gasteiger partial charge in [0.25, 0.3) is 5.91 Å². The number of amides is 1. The summed E-state index contributed by atoms with van der Waals surface area (Å²) in [5.41, 5.74) is 7.08. The van der Waals surface area contributed by atoms with E-state index in [1.54, 1.807) is 6.20 Å². The van der Waals surface area contributed by atoms with Crippen LogP contribution in [0.1, 0.15) is 12.5 Å². The Bertz CT molecular complexity index is 1150. The molecule has 0 saturated heterocycles. The monoisotopic (exact) mass is 383 g/mol. The van der Waals surface area contributed by atoms with E-state index < -0.39 is 0 Å². The van der Waals surface area contributed by atoms with Gasteiger partial charge in [-0.25, -0.2) is 10.4 Å². The second-order valence-corrected chi connectivity index (χ2v) is 6.77. The highest BCUT2D eigenvalue weighted by molar-refractivity contribution is 5.87. The van der Waals surface area contributed by atoms with Crippen molar-refractivity contribution < 1.29 is 4.79 Å². The van der Waals surface area contributed by atoms with E-state index in [1.165, 1.54) is 0 Å². The number of hydrazone groups is 1. The Hall–Kier alpha value is -3.80. The lowest BCUT2D eigenvalue weighted by atomic mass is 10.1. The zero-order valence-electron chi connectivity index (χ0n) is 16.1. The van der Waals surface area contributed by atoms with Crippen molar-refractivity contribution in [2.24, 2.45) is 5.10 Å². The van der Waals surface area contributed by atoms with Crippen molar-refractivity contribution in [2.45, 2.75) is 19.9 Å². The lowest BCUT2D eigenvalue weighted by molar-refractivity contribution is -0.121. The molecule has 0 saturated carbocycles. The van der Waals surface area contributed by atoms with Gasteiger partial charge in [-0.2, -0.15) is 5.10 Å². The average molecular weight is 383 g/mol. The van der Waals surface area contributed by atoms with Crippen molar-refractivity contribution in [3.63, 3.8) is 0 Å². The van der Waals surface area contributed by atoms with E-state index in [9.17, 15) is 4.79 Å². The van der Waals surface area contributed by atoms with Gasteiger partial charge in [0.1, 0.15) is 12.2 Å². The van der Waals surface area contributed by atoms with Crippen LogP contribution in [0.15, 0.2) is 84.1 Å². The summed E-state index contributed by atoms with van der Waals surface area (Å²) < 4.78 is 1.87. The minimum atomic E-state index is -0.210. The molecule has 29 heavy (non-hydrogen) atoms. The van der Waals surface area contributed by atoms with Crippen molar-refractivity contribution >= 4 is 22.7 Å².